The monoisotopic (exact) mass is 493 g/mol. The third-order valence-electron chi connectivity index (χ3n) is 5.64. The number of aliphatic hydroxyl groups is 1. The van der Waals surface area contributed by atoms with Crippen LogP contribution < -0.4 is 10.1 Å². The van der Waals surface area contributed by atoms with E-state index in [0.717, 1.165) is 33.7 Å². The molecule has 0 saturated carbocycles. The number of rotatable bonds is 10. The van der Waals surface area contributed by atoms with Crippen LogP contribution in [-0.4, -0.2) is 39.2 Å². The van der Waals surface area contributed by atoms with E-state index >= 15 is 0 Å². The van der Waals surface area contributed by atoms with Gasteiger partial charge in [-0.3, -0.25) is 4.79 Å². The Morgan fingerprint density at radius 1 is 1.14 bits per heavy atom. The van der Waals surface area contributed by atoms with Crippen LogP contribution in [0.25, 0.3) is 16.6 Å². The van der Waals surface area contributed by atoms with E-state index in [4.69, 9.17) is 4.74 Å². The Morgan fingerprint density at radius 3 is 2.57 bits per heavy atom. The molecule has 0 spiro atoms. The van der Waals surface area contributed by atoms with Gasteiger partial charge in [0.05, 0.1) is 23.4 Å². The first kappa shape index (κ1) is 24.8. The minimum absolute atomic E-state index is 0.300. The molecule has 2 N–H and O–H groups in total. The third kappa shape index (κ3) is 6.01. The summed E-state index contributed by atoms with van der Waals surface area (Å²) in [6.45, 7) is 3.40. The topological polar surface area (TPSA) is 76.4 Å². The maximum atomic E-state index is 13.3. The molecule has 1 amide bonds. The van der Waals surface area contributed by atoms with Crippen molar-refractivity contribution in [3.8, 4) is 11.4 Å². The molecular formula is C27H28FN3O3S. The van der Waals surface area contributed by atoms with Crippen molar-refractivity contribution >= 4 is 28.6 Å². The summed E-state index contributed by atoms with van der Waals surface area (Å²) in [4.78, 5) is 11.9. The van der Waals surface area contributed by atoms with Crippen LogP contribution in [0.1, 0.15) is 31.1 Å². The summed E-state index contributed by atoms with van der Waals surface area (Å²) in [6.07, 6.45) is 1.26. The molecule has 4 rings (SSSR count). The molecule has 0 radical (unpaired) electrons. The van der Waals surface area contributed by atoms with Crippen molar-refractivity contribution in [2.24, 2.45) is 0 Å². The van der Waals surface area contributed by atoms with Gasteiger partial charge in [0.2, 0.25) is 5.91 Å². The Labute approximate surface area is 208 Å². The summed E-state index contributed by atoms with van der Waals surface area (Å²) in [5.41, 5.74) is 3.76. The van der Waals surface area contributed by atoms with Crippen LogP contribution in [0.5, 0.6) is 5.75 Å². The smallest absolute Gasteiger partial charge is 0.246 e. The highest BCUT2D eigenvalue weighted by atomic mass is 32.2. The number of benzene rings is 3. The van der Waals surface area contributed by atoms with Gasteiger partial charge in [-0.2, -0.15) is 16.9 Å². The standard InChI is InChI=1S/C27H28FN3O3S/c1-3-35-17-19-4-6-20(7-5-19)27(18(2)30-26(33)16-32)34-24-12-13-25-21(14-24)15-29-31(25)23-10-8-22(28)9-11-23/h4-15,18,27,32H,3,16-17H2,1-2H3,(H,30,33)/t18-,27?/m0/s1. The van der Waals surface area contributed by atoms with Crippen molar-refractivity contribution in [3.05, 3.63) is 89.9 Å². The summed E-state index contributed by atoms with van der Waals surface area (Å²) in [5.74, 6) is 1.85. The van der Waals surface area contributed by atoms with Gasteiger partial charge in [-0.15, -0.1) is 0 Å². The van der Waals surface area contributed by atoms with E-state index in [9.17, 15) is 14.3 Å². The molecule has 2 atom stereocenters. The molecule has 35 heavy (non-hydrogen) atoms. The molecule has 0 aliphatic carbocycles. The Balaban J connectivity index is 1.60. The van der Waals surface area contributed by atoms with E-state index < -0.39 is 18.6 Å². The summed E-state index contributed by atoms with van der Waals surface area (Å²) < 4.78 is 21.4. The number of amides is 1. The molecule has 8 heteroatoms. The lowest BCUT2D eigenvalue weighted by molar-refractivity contribution is -0.125. The lowest BCUT2D eigenvalue weighted by atomic mass is 10.0. The SMILES string of the molecule is CCSCc1ccc(C(Oc2ccc3c(cnn3-c3ccc(F)cc3)c2)[C@H](C)NC(=O)CO)cc1. The van der Waals surface area contributed by atoms with Gasteiger partial charge in [0, 0.05) is 11.1 Å². The Morgan fingerprint density at radius 2 is 1.89 bits per heavy atom. The lowest BCUT2D eigenvalue weighted by Crippen LogP contribution is -2.40. The maximum absolute atomic E-state index is 13.3. The predicted octanol–water partition coefficient (Wildman–Crippen LogP) is 5.03. The van der Waals surface area contributed by atoms with E-state index in [1.54, 1.807) is 23.0 Å². The van der Waals surface area contributed by atoms with Gasteiger partial charge in [-0.25, -0.2) is 9.07 Å². The molecule has 0 fully saturated rings. The van der Waals surface area contributed by atoms with Crippen LogP contribution in [-0.2, 0) is 10.5 Å². The number of carbonyl (C=O) groups excluding carboxylic acids is 1. The van der Waals surface area contributed by atoms with Crippen molar-refractivity contribution in [3.63, 3.8) is 0 Å². The zero-order valence-electron chi connectivity index (χ0n) is 19.6. The zero-order chi connectivity index (χ0) is 24.8. The van der Waals surface area contributed by atoms with Crippen LogP contribution in [0.4, 0.5) is 4.39 Å². The number of aliphatic hydroxyl groups excluding tert-OH is 1. The summed E-state index contributed by atoms with van der Waals surface area (Å²) >= 11 is 1.86. The molecule has 182 valence electrons. The van der Waals surface area contributed by atoms with Gasteiger partial charge >= 0.3 is 0 Å². The number of aromatic nitrogens is 2. The van der Waals surface area contributed by atoms with Crippen LogP contribution in [0.15, 0.2) is 72.9 Å². The second kappa shape index (κ2) is 11.4. The zero-order valence-corrected chi connectivity index (χ0v) is 20.5. The minimum Gasteiger partial charge on any atom is -0.484 e. The number of thioether (sulfide) groups is 1. The summed E-state index contributed by atoms with van der Waals surface area (Å²) in [7, 11) is 0. The number of fused-ring (bicyclic) bond motifs is 1. The average molecular weight is 494 g/mol. The quantitative estimate of drug-likeness (QED) is 0.324. The molecule has 0 aliphatic heterocycles. The van der Waals surface area contributed by atoms with Gasteiger partial charge < -0.3 is 15.2 Å². The van der Waals surface area contributed by atoms with Crippen LogP contribution in [0.2, 0.25) is 0 Å². The van der Waals surface area contributed by atoms with E-state index in [1.807, 2.05) is 49.0 Å². The van der Waals surface area contributed by atoms with Crippen molar-refractivity contribution in [2.75, 3.05) is 12.4 Å². The molecule has 0 saturated heterocycles. The highest BCUT2D eigenvalue weighted by molar-refractivity contribution is 7.98. The molecule has 0 aliphatic rings. The maximum Gasteiger partial charge on any atom is 0.246 e. The van der Waals surface area contributed by atoms with Gasteiger partial charge in [-0.05, 0) is 66.3 Å². The van der Waals surface area contributed by atoms with Gasteiger partial charge in [0.1, 0.15) is 24.3 Å². The van der Waals surface area contributed by atoms with E-state index in [0.29, 0.717) is 5.75 Å². The van der Waals surface area contributed by atoms with Gasteiger partial charge in [-0.1, -0.05) is 31.2 Å². The number of nitrogens with one attached hydrogen (secondary N) is 1. The molecule has 1 heterocycles. The van der Waals surface area contributed by atoms with E-state index in [-0.39, 0.29) is 11.9 Å². The lowest BCUT2D eigenvalue weighted by Gasteiger charge is -2.26. The van der Waals surface area contributed by atoms with Crippen LogP contribution in [0.3, 0.4) is 0 Å². The number of hydrogen-bond donors (Lipinski definition) is 2. The summed E-state index contributed by atoms with van der Waals surface area (Å²) in [5, 5.41) is 17.3. The molecule has 1 aromatic heterocycles. The Kier molecular flexibility index (Phi) is 8.05. The van der Waals surface area contributed by atoms with Crippen molar-refractivity contribution < 1.29 is 19.0 Å². The fraction of sp³-hybridized carbons (Fsp3) is 0.259. The molecule has 0 bridgehead atoms. The molecular weight excluding hydrogens is 465 g/mol. The van der Waals surface area contributed by atoms with E-state index in [2.05, 4.69) is 29.5 Å². The Hall–Kier alpha value is -3.36. The third-order valence-corrected chi connectivity index (χ3v) is 6.59. The van der Waals surface area contributed by atoms with Crippen LogP contribution >= 0.6 is 11.8 Å². The number of ether oxygens (including phenoxy) is 1. The highest BCUT2D eigenvalue weighted by Crippen LogP contribution is 2.29. The number of carbonyl (C=O) groups is 1. The first-order valence-corrected chi connectivity index (χ1v) is 12.6. The number of hydrogen-bond acceptors (Lipinski definition) is 5. The number of nitrogens with zero attached hydrogens (tertiary/aromatic N) is 2. The largest absolute Gasteiger partial charge is 0.484 e. The van der Waals surface area contributed by atoms with Crippen molar-refractivity contribution in [1.82, 2.24) is 15.1 Å². The van der Waals surface area contributed by atoms with E-state index in [1.165, 1.54) is 17.7 Å². The number of halogens is 1. The van der Waals surface area contributed by atoms with Gasteiger partial charge in [0.15, 0.2) is 0 Å². The van der Waals surface area contributed by atoms with Crippen molar-refractivity contribution in [2.45, 2.75) is 31.7 Å². The second-order valence-electron chi connectivity index (χ2n) is 8.18. The highest BCUT2D eigenvalue weighted by Gasteiger charge is 2.23. The Bertz CT molecular complexity index is 1280. The van der Waals surface area contributed by atoms with Crippen LogP contribution in [0, 0.1) is 5.82 Å². The normalized spacial score (nSPS) is 12.9. The fourth-order valence-corrected chi connectivity index (χ4v) is 4.51. The second-order valence-corrected chi connectivity index (χ2v) is 9.46. The van der Waals surface area contributed by atoms with Gasteiger partial charge in [0.25, 0.3) is 0 Å². The molecule has 1 unspecified atom stereocenters. The fourth-order valence-electron chi connectivity index (χ4n) is 3.88. The average Bonchev–Trinajstić information content (AvgIpc) is 3.30. The first-order chi connectivity index (χ1) is 17.0. The molecule has 6 nitrogen and oxygen atoms in total. The van der Waals surface area contributed by atoms with Crippen molar-refractivity contribution in [1.29, 1.82) is 0 Å². The summed E-state index contributed by atoms with van der Waals surface area (Å²) in [6, 6.07) is 19.6. The predicted molar refractivity (Wildman–Crippen MR) is 137 cm³/mol. The molecule has 3 aromatic carbocycles. The molecule has 4 aromatic rings. The minimum atomic E-state index is -0.585. The first-order valence-electron chi connectivity index (χ1n) is 11.5.